The molecule has 0 unspecified atom stereocenters. The quantitative estimate of drug-likeness (QED) is 0.206. The molecule has 1 fully saturated rings. The van der Waals surface area contributed by atoms with Gasteiger partial charge < -0.3 is 30.0 Å². The average Bonchev–Trinajstić information content (AvgIpc) is 3.28. The van der Waals surface area contributed by atoms with Crippen LogP contribution < -0.4 is 20.3 Å². The van der Waals surface area contributed by atoms with Crippen molar-refractivity contribution in [2.75, 3.05) is 37.7 Å². The van der Waals surface area contributed by atoms with Gasteiger partial charge in [0.15, 0.2) is 0 Å². The zero-order chi connectivity index (χ0) is 28.4. The first kappa shape index (κ1) is 30.0. The Bertz CT molecular complexity index is 1120. The zero-order valence-corrected chi connectivity index (χ0v) is 23.7. The van der Waals surface area contributed by atoms with E-state index in [1.54, 1.807) is 6.07 Å². The Labute approximate surface area is 237 Å². The van der Waals surface area contributed by atoms with Crippen molar-refractivity contribution >= 4 is 17.6 Å². The Morgan fingerprint density at radius 2 is 1.85 bits per heavy atom. The summed E-state index contributed by atoms with van der Waals surface area (Å²) in [5.74, 6) is -0.0141. The number of rotatable bonds is 16. The number of nitrogens with zero attached hydrogens (tertiary/aromatic N) is 1. The fourth-order valence-electron chi connectivity index (χ4n) is 4.90. The lowest BCUT2D eigenvalue weighted by Crippen LogP contribution is -2.35. The Kier molecular flexibility index (Phi) is 10.9. The van der Waals surface area contributed by atoms with Crippen LogP contribution >= 0.6 is 0 Å². The Morgan fingerprint density at radius 1 is 1.05 bits per heavy atom. The summed E-state index contributed by atoms with van der Waals surface area (Å²) < 4.78 is 17.3. The topological polar surface area (TPSA) is 109 Å². The minimum atomic E-state index is -0.616. The summed E-state index contributed by atoms with van der Waals surface area (Å²) in [5.41, 5.74) is 3.60. The largest absolute Gasteiger partial charge is 0.463 e. The van der Waals surface area contributed by atoms with Crippen molar-refractivity contribution in [2.24, 2.45) is 0 Å². The second kappa shape index (κ2) is 14.6. The number of aryl methyl sites for hydroxylation is 1. The lowest BCUT2D eigenvalue weighted by molar-refractivity contribution is -0.180. The monoisotopic (exact) mass is 553 g/mol. The molecule has 0 radical (unpaired) electrons. The van der Waals surface area contributed by atoms with E-state index < -0.39 is 11.9 Å². The van der Waals surface area contributed by atoms with Crippen molar-refractivity contribution in [3.05, 3.63) is 59.2 Å². The first-order valence-electron chi connectivity index (χ1n) is 14.4. The van der Waals surface area contributed by atoms with E-state index in [1.807, 2.05) is 50.2 Å². The van der Waals surface area contributed by atoms with E-state index >= 15 is 0 Å². The van der Waals surface area contributed by atoms with Crippen LogP contribution in [0.25, 0.3) is 0 Å². The molecule has 2 aliphatic heterocycles. The molecule has 1 atom stereocenters. The third-order valence-corrected chi connectivity index (χ3v) is 7.15. The molecule has 9 nitrogen and oxygen atoms in total. The molecule has 9 heteroatoms. The normalized spacial score (nSPS) is 16.9. The Morgan fingerprint density at radius 3 is 2.62 bits per heavy atom. The lowest BCUT2D eigenvalue weighted by Gasteiger charge is -2.33. The number of aliphatic hydroxyl groups excluding tert-OH is 1. The summed E-state index contributed by atoms with van der Waals surface area (Å²) in [6.07, 6.45) is 6.63. The van der Waals surface area contributed by atoms with Crippen molar-refractivity contribution in [3.8, 4) is 5.75 Å². The molecule has 0 bridgehead atoms. The molecule has 3 N–H and O–H groups in total. The number of unbranched alkanes of at least 4 members (excludes halogenated alkanes) is 4. The van der Waals surface area contributed by atoms with Crippen LogP contribution in [0.15, 0.2) is 42.5 Å². The molecule has 4 rings (SSSR count). The average molecular weight is 554 g/mol. The third-order valence-electron chi connectivity index (χ3n) is 7.15. The standard InChI is InChI=1S/C31H43N3O6/c1-31(2)39-22-25-19-24(13-14-28(25)40-31)27(35)20-32-15-6-4-8-17-38-16-7-3-5-10-23-11-9-12-26(18-23)34-29(36)21-33-30(34)37/h9,11-14,18-19,27,32,35H,3-8,10,15-17,20-22H2,1-2H3,(H,33,37)/t27-/m0/s1. The highest BCUT2D eigenvalue weighted by Gasteiger charge is 2.30. The van der Waals surface area contributed by atoms with Crippen molar-refractivity contribution in [1.82, 2.24) is 10.6 Å². The molecule has 218 valence electrons. The molecular weight excluding hydrogens is 510 g/mol. The molecule has 2 aliphatic rings. The summed E-state index contributed by atoms with van der Waals surface area (Å²) in [5, 5.41) is 16.4. The van der Waals surface area contributed by atoms with Gasteiger partial charge in [0.1, 0.15) is 5.75 Å². The van der Waals surface area contributed by atoms with Crippen LogP contribution in [0.5, 0.6) is 5.75 Å². The Balaban J connectivity index is 0.981. The van der Waals surface area contributed by atoms with Gasteiger partial charge >= 0.3 is 6.03 Å². The summed E-state index contributed by atoms with van der Waals surface area (Å²) in [7, 11) is 0. The van der Waals surface area contributed by atoms with E-state index in [0.717, 1.165) is 87.1 Å². The Hall–Kier alpha value is -2.98. The predicted octanol–water partition coefficient (Wildman–Crippen LogP) is 4.61. The maximum atomic E-state index is 11.9. The molecule has 0 aliphatic carbocycles. The fourth-order valence-corrected chi connectivity index (χ4v) is 4.90. The van der Waals surface area contributed by atoms with Crippen LogP contribution in [0.3, 0.4) is 0 Å². The summed E-state index contributed by atoms with van der Waals surface area (Å²) in [6, 6.07) is 13.1. The molecule has 2 aromatic carbocycles. The van der Waals surface area contributed by atoms with Crippen LogP contribution in [-0.4, -0.2) is 55.7 Å². The van der Waals surface area contributed by atoms with Crippen LogP contribution in [0.1, 0.15) is 75.2 Å². The number of urea groups is 1. The highest BCUT2D eigenvalue weighted by molar-refractivity contribution is 6.19. The molecule has 0 spiro atoms. The predicted molar refractivity (Wildman–Crippen MR) is 153 cm³/mol. The van der Waals surface area contributed by atoms with Gasteiger partial charge in [-0.1, -0.05) is 24.6 Å². The molecule has 2 aromatic rings. The highest BCUT2D eigenvalue weighted by Crippen LogP contribution is 2.32. The van der Waals surface area contributed by atoms with Crippen molar-refractivity contribution in [2.45, 2.75) is 77.3 Å². The number of hydrogen-bond donors (Lipinski definition) is 3. The van der Waals surface area contributed by atoms with Crippen LogP contribution in [0.4, 0.5) is 10.5 Å². The first-order chi connectivity index (χ1) is 19.3. The number of carbonyl (C=O) groups is 2. The number of hydrogen-bond acceptors (Lipinski definition) is 7. The van der Waals surface area contributed by atoms with Gasteiger partial charge in [-0.2, -0.15) is 0 Å². The lowest BCUT2D eigenvalue weighted by atomic mass is 10.0. The summed E-state index contributed by atoms with van der Waals surface area (Å²) >= 11 is 0. The van der Waals surface area contributed by atoms with Crippen LogP contribution in [0.2, 0.25) is 0 Å². The third kappa shape index (κ3) is 8.76. The SMILES string of the molecule is CC1(C)OCc2cc([C@@H](O)CNCCCCCOCCCCCc3cccc(N4C(=O)CNC4=O)c3)ccc2O1. The van der Waals surface area contributed by atoms with E-state index in [-0.39, 0.29) is 18.5 Å². The van der Waals surface area contributed by atoms with Gasteiger partial charge in [0, 0.05) is 39.2 Å². The van der Waals surface area contributed by atoms with Gasteiger partial charge in [0.2, 0.25) is 5.79 Å². The number of imide groups is 1. The number of amides is 3. The second-order valence-electron chi connectivity index (χ2n) is 10.9. The van der Waals surface area contributed by atoms with Gasteiger partial charge in [-0.15, -0.1) is 0 Å². The van der Waals surface area contributed by atoms with Crippen LogP contribution in [0, 0.1) is 0 Å². The van der Waals surface area contributed by atoms with Crippen molar-refractivity contribution in [1.29, 1.82) is 0 Å². The van der Waals surface area contributed by atoms with Crippen molar-refractivity contribution < 1.29 is 28.9 Å². The van der Waals surface area contributed by atoms with Gasteiger partial charge in [0.25, 0.3) is 5.91 Å². The molecular formula is C31H43N3O6. The number of aliphatic hydroxyl groups is 1. The molecule has 2 heterocycles. The number of carbonyl (C=O) groups excluding carboxylic acids is 2. The maximum Gasteiger partial charge on any atom is 0.329 e. The van der Waals surface area contributed by atoms with Gasteiger partial charge in [-0.25, -0.2) is 9.69 Å². The number of ether oxygens (including phenoxy) is 3. The summed E-state index contributed by atoms with van der Waals surface area (Å²) in [4.78, 5) is 25.0. The summed E-state index contributed by atoms with van der Waals surface area (Å²) in [6.45, 7) is 7.24. The molecule has 3 amide bonds. The zero-order valence-electron chi connectivity index (χ0n) is 23.7. The van der Waals surface area contributed by atoms with Gasteiger partial charge in [0.05, 0.1) is 24.9 Å². The molecule has 0 aromatic heterocycles. The van der Waals surface area contributed by atoms with Gasteiger partial charge in [-0.3, -0.25) is 4.79 Å². The van der Waals surface area contributed by atoms with E-state index in [9.17, 15) is 14.7 Å². The first-order valence-corrected chi connectivity index (χ1v) is 14.4. The van der Waals surface area contributed by atoms with E-state index in [1.165, 1.54) is 4.90 Å². The highest BCUT2D eigenvalue weighted by atomic mass is 16.7. The van der Waals surface area contributed by atoms with Crippen LogP contribution in [-0.2, 0) is 27.3 Å². The minimum Gasteiger partial charge on any atom is -0.463 e. The molecule has 0 saturated carbocycles. The minimum absolute atomic E-state index is 0.0621. The second-order valence-corrected chi connectivity index (χ2v) is 10.9. The van der Waals surface area contributed by atoms with E-state index in [4.69, 9.17) is 14.2 Å². The number of fused-ring (bicyclic) bond motifs is 1. The van der Waals surface area contributed by atoms with E-state index in [0.29, 0.717) is 18.8 Å². The fraction of sp³-hybridized carbons (Fsp3) is 0.548. The van der Waals surface area contributed by atoms with Crippen molar-refractivity contribution in [3.63, 3.8) is 0 Å². The van der Waals surface area contributed by atoms with E-state index in [2.05, 4.69) is 10.6 Å². The number of benzene rings is 2. The number of nitrogens with one attached hydrogen (secondary N) is 2. The molecule has 1 saturated heterocycles. The molecule has 40 heavy (non-hydrogen) atoms. The van der Waals surface area contributed by atoms with Gasteiger partial charge in [-0.05, 0) is 80.5 Å². The maximum absolute atomic E-state index is 11.9. The number of anilines is 1. The smallest absolute Gasteiger partial charge is 0.329 e.